The number of hydrogen-bond donors (Lipinski definition) is 1. The lowest BCUT2D eigenvalue weighted by Gasteiger charge is -2.31. The number of likely N-dealkylation sites (N-methyl/N-ethyl adjacent to an activating group) is 1. The third kappa shape index (κ3) is 4.93. The number of rotatable bonds is 8. The molecule has 0 amide bonds. The first-order valence-electron chi connectivity index (χ1n) is 8.22. The number of aliphatic hydroxyl groups excluding tert-OH is 1. The largest absolute Gasteiger partial charge is 0.494 e. The molecular formula is C18H26N2O3. The van der Waals surface area contributed by atoms with Gasteiger partial charge in [-0.3, -0.25) is 0 Å². The van der Waals surface area contributed by atoms with Crippen LogP contribution in [0.15, 0.2) is 24.3 Å². The standard InChI is InChI=1S/C18H26N2O3/c1-20(10-11-21)9-2-12-23-17-5-3-16(4-6-17)18(15-19)7-13-22-14-8-18/h3-6,21H,2,7-14H2,1H3. The highest BCUT2D eigenvalue weighted by Crippen LogP contribution is 2.34. The van der Waals surface area contributed by atoms with Crippen LogP contribution >= 0.6 is 0 Å². The van der Waals surface area contributed by atoms with Crippen LogP contribution in [0.25, 0.3) is 0 Å². The highest BCUT2D eigenvalue weighted by Gasteiger charge is 2.34. The molecule has 1 saturated heterocycles. The van der Waals surface area contributed by atoms with E-state index in [1.54, 1.807) is 0 Å². The van der Waals surface area contributed by atoms with Gasteiger partial charge in [0.15, 0.2) is 0 Å². The van der Waals surface area contributed by atoms with Gasteiger partial charge in [0, 0.05) is 26.3 Å². The Hall–Kier alpha value is -1.61. The Bertz CT molecular complexity index is 504. The van der Waals surface area contributed by atoms with Gasteiger partial charge >= 0.3 is 0 Å². The van der Waals surface area contributed by atoms with E-state index < -0.39 is 5.41 Å². The Morgan fingerprint density at radius 3 is 2.57 bits per heavy atom. The molecule has 0 atom stereocenters. The molecule has 0 aliphatic carbocycles. The van der Waals surface area contributed by atoms with Crippen molar-refractivity contribution < 1.29 is 14.6 Å². The van der Waals surface area contributed by atoms with Crippen molar-refractivity contribution in [2.45, 2.75) is 24.7 Å². The molecule has 0 spiro atoms. The molecular weight excluding hydrogens is 292 g/mol. The fraction of sp³-hybridized carbons (Fsp3) is 0.611. The molecule has 5 nitrogen and oxygen atoms in total. The van der Waals surface area contributed by atoms with E-state index in [1.165, 1.54) is 0 Å². The highest BCUT2D eigenvalue weighted by molar-refractivity contribution is 5.37. The zero-order valence-corrected chi connectivity index (χ0v) is 13.8. The minimum atomic E-state index is -0.413. The summed E-state index contributed by atoms with van der Waals surface area (Å²) in [5.41, 5.74) is 0.641. The minimum absolute atomic E-state index is 0.185. The van der Waals surface area contributed by atoms with Gasteiger partial charge in [-0.15, -0.1) is 0 Å². The van der Waals surface area contributed by atoms with E-state index in [2.05, 4.69) is 11.0 Å². The van der Waals surface area contributed by atoms with Crippen molar-refractivity contribution in [3.05, 3.63) is 29.8 Å². The molecule has 1 aliphatic heterocycles. The van der Waals surface area contributed by atoms with E-state index >= 15 is 0 Å². The fourth-order valence-corrected chi connectivity index (χ4v) is 2.86. The maximum absolute atomic E-state index is 9.57. The number of aliphatic hydroxyl groups is 1. The van der Waals surface area contributed by atoms with E-state index in [9.17, 15) is 5.26 Å². The van der Waals surface area contributed by atoms with Crippen LogP contribution in [0.4, 0.5) is 0 Å². The van der Waals surface area contributed by atoms with Crippen LogP contribution in [0.1, 0.15) is 24.8 Å². The first-order chi connectivity index (χ1) is 11.2. The van der Waals surface area contributed by atoms with Crippen molar-refractivity contribution in [1.29, 1.82) is 5.26 Å². The molecule has 2 rings (SSSR count). The molecule has 0 aromatic heterocycles. The molecule has 126 valence electrons. The van der Waals surface area contributed by atoms with Crippen molar-refractivity contribution in [3.63, 3.8) is 0 Å². The van der Waals surface area contributed by atoms with Gasteiger partial charge < -0.3 is 19.5 Å². The average molecular weight is 318 g/mol. The Balaban J connectivity index is 1.84. The monoisotopic (exact) mass is 318 g/mol. The predicted octanol–water partition coefficient (Wildman–Crippen LogP) is 1.95. The van der Waals surface area contributed by atoms with Gasteiger partial charge in [0.2, 0.25) is 0 Å². The van der Waals surface area contributed by atoms with Crippen LogP contribution in [0.3, 0.4) is 0 Å². The van der Waals surface area contributed by atoms with Gasteiger partial charge in [0.1, 0.15) is 5.75 Å². The molecule has 0 saturated carbocycles. The molecule has 0 bridgehead atoms. The van der Waals surface area contributed by atoms with Crippen LogP contribution in [-0.4, -0.2) is 56.6 Å². The molecule has 1 heterocycles. The summed E-state index contributed by atoms with van der Waals surface area (Å²) in [6.07, 6.45) is 2.42. The first-order valence-corrected chi connectivity index (χ1v) is 8.22. The van der Waals surface area contributed by atoms with Crippen LogP contribution in [0.2, 0.25) is 0 Å². The van der Waals surface area contributed by atoms with Crippen molar-refractivity contribution in [3.8, 4) is 11.8 Å². The van der Waals surface area contributed by atoms with Crippen LogP contribution in [0, 0.1) is 11.3 Å². The Labute approximate surface area is 138 Å². The summed E-state index contributed by atoms with van der Waals surface area (Å²) in [6.45, 7) is 3.71. The highest BCUT2D eigenvalue weighted by atomic mass is 16.5. The predicted molar refractivity (Wildman–Crippen MR) is 88.5 cm³/mol. The normalized spacial score (nSPS) is 17.0. The second-order valence-corrected chi connectivity index (χ2v) is 6.06. The topological polar surface area (TPSA) is 65.7 Å². The van der Waals surface area contributed by atoms with Gasteiger partial charge in [-0.1, -0.05) is 12.1 Å². The van der Waals surface area contributed by atoms with Gasteiger partial charge in [-0.25, -0.2) is 0 Å². The van der Waals surface area contributed by atoms with Crippen LogP contribution in [0.5, 0.6) is 5.75 Å². The lowest BCUT2D eigenvalue weighted by molar-refractivity contribution is 0.0675. The molecule has 1 aliphatic rings. The van der Waals surface area contributed by atoms with Crippen molar-refractivity contribution in [1.82, 2.24) is 4.90 Å². The number of nitrogens with zero attached hydrogens (tertiary/aromatic N) is 2. The summed E-state index contributed by atoms with van der Waals surface area (Å²) in [5.74, 6) is 0.832. The SMILES string of the molecule is CN(CCO)CCCOc1ccc(C2(C#N)CCOCC2)cc1. The zero-order chi connectivity index (χ0) is 16.5. The summed E-state index contributed by atoms with van der Waals surface area (Å²) in [5, 5.41) is 18.4. The van der Waals surface area contributed by atoms with E-state index in [0.717, 1.165) is 37.1 Å². The first kappa shape index (κ1) is 17.7. The van der Waals surface area contributed by atoms with E-state index in [0.29, 0.717) is 26.4 Å². The summed E-state index contributed by atoms with van der Waals surface area (Å²) in [6, 6.07) is 10.4. The quantitative estimate of drug-likeness (QED) is 0.742. The average Bonchev–Trinajstić information content (AvgIpc) is 2.60. The zero-order valence-electron chi connectivity index (χ0n) is 13.8. The maximum atomic E-state index is 9.57. The third-order valence-corrected chi connectivity index (χ3v) is 4.40. The third-order valence-electron chi connectivity index (χ3n) is 4.40. The second kappa shape index (κ2) is 8.88. The van der Waals surface area contributed by atoms with Gasteiger partial charge in [0.25, 0.3) is 0 Å². The van der Waals surface area contributed by atoms with Crippen LogP contribution in [-0.2, 0) is 10.2 Å². The lowest BCUT2D eigenvalue weighted by Crippen LogP contribution is -2.32. The number of hydrogen-bond acceptors (Lipinski definition) is 5. The van der Waals surface area contributed by atoms with Gasteiger partial charge in [-0.05, 0) is 44.0 Å². The molecule has 0 unspecified atom stereocenters. The number of benzene rings is 1. The molecule has 1 aromatic carbocycles. The van der Waals surface area contributed by atoms with Gasteiger partial charge in [0.05, 0.1) is 24.7 Å². The van der Waals surface area contributed by atoms with Gasteiger partial charge in [-0.2, -0.15) is 5.26 Å². The summed E-state index contributed by atoms with van der Waals surface area (Å²) >= 11 is 0. The Kier molecular flexibility index (Phi) is 6.85. The van der Waals surface area contributed by atoms with E-state index in [4.69, 9.17) is 14.6 Å². The summed E-state index contributed by atoms with van der Waals surface area (Å²) in [7, 11) is 1.99. The molecule has 1 fully saturated rings. The Morgan fingerprint density at radius 2 is 1.96 bits per heavy atom. The molecule has 1 aromatic rings. The second-order valence-electron chi connectivity index (χ2n) is 6.06. The number of nitriles is 1. The molecule has 0 radical (unpaired) electrons. The van der Waals surface area contributed by atoms with Crippen molar-refractivity contribution in [2.75, 3.05) is 46.6 Å². The number of ether oxygens (including phenoxy) is 2. The molecule has 5 heteroatoms. The molecule has 23 heavy (non-hydrogen) atoms. The maximum Gasteiger partial charge on any atom is 0.119 e. The summed E-state index contributed by atoms with van der Waals surface area (Å²) < 4.78 is 11.1. The van der Waals surface area contributed by atoms with Crippen molar-refractivity contribution >= 4 is 0 Å². The smallest absolute Gasteiger partial charge is 0.119 e. The minimum Gasteiger partial charge on any atom is -0.494 e. The van der Waals surface area contributed by atoms with Crippen molar-refractivity contribution in [2.24, 2.45) is 0 Å². The van der Waals surface area contributed by atoms with E-state index in [-0.39, 0.29) is 6.61 Å². The lowest BCUT2D eigenvalue weighted by atomic mass is 9.75. The fourth-order valence-electron chi connectivity index (χ4n) is 2.86. The Morgan fingerprint density at radius 1 is 1.26 bits per heavy atom. The van der Waals surface area contributed by atoms with E-state index in [1.807, 2.05) is 31.3 Å². The summed E-state index contributed by atoms with van der Waals surface area (Å²) in [4.78, 5) is 2.08. The van der Waals surface area contributed by atoms with Crippen LogP contribution < -0.4 is 4.74 Å². The molecule has 1 N–H and O–H groups in total.